The highest BCUT2D eigenvalue weighted by molar-refractivity contribution is 7.91. The zero-order chi connectivity index (χ0) is 17.3. The molecule has 0 radical (unpaired) electrons. The normalized spacial score (nSPS) is 25.1. The number of ether oxygens (including phenoxy) is 1. The second kappa shape index (κ2) is 6.40. The van der Waals surface area contributed by atoms with Crippen molar-refractivity contribution in [1.29, 1.82) is 0 Å². The fourth-order valence-electron chi connectivity index (χ4n) is 3.10. The van der Waals surface area contributed by atoms with E-state index in [1.807, 2.05) is 0 Å². The summed E-state index contributed by atoms with van der Waals surface area (Å²) in [5.74, 6) is -0.889. The smallest absolute Gasteiger partial charge is 0.335 e. The molecule has 1 amide bonds. The highest BCUT2D eigenvalue weighted by atomic mass is 32.2. The minimum absolute atomic E-state index is 0.0241. The van der Waals surface area contributed by atoms with Crippen molar-refractivity contribution < 1.29 is 27.9 Å². The van der Waals surface area contributed by atoms with E-state index in [2.05, 4.69) is 5.32 Å². The van der Waals surface area contributed by atoms with Gasteiger partial charge in [-0.15, -0.1) is 0 Å². The number of rotatable bonds is 4. The third-order valence-corrected chi connectivity index (χ3v) is 5.98. The van der Waals surface area contributed by atoms with Crippen LogP contribution in [0.5, 0.6) is 5.75 Å². The van der Waals surface area contributed by atoms with Gasteiger partial charge in [-0.05, 0) is 24.3 Å². The predicted molar refractivity (Wildman–Crippen MR) is 84.8 cm³/mol. The quantitative estimate of drug-likeness (QED) is 0.739. The Balaban J connectivity index is 1.61. The number of piperazine rings is 1. The second-order valence-corrected chi connectivity index (χ2v) is 8.06. The fourth-order valence-corrected chi connectivity index (χ4v) is 5.05. The number of carbonyl (C=O) groups is 2. The van der Waals surface area contributed by atoms with Crippen LogP contribution < -0.4 is 10.1 Å². The van der Waals surface area contributed by atoms with Crippen LogP contribution in [0.1, 0.15) is 10.4 Å². The van der Waals surface area contributed by atoms with Crippen LogP contribution >= 0.6 is 0 Å². The molecule has 9 heteroatoms. The minimum atomic E-state index is -3.13. The van der Waals surface area contributed by atoms with E-state index in [0.29, 0.717) is 18.8 Å². The van der Waals surface area contributed by atoms with Gasteiger partial charge in [0.25, 0.3) is 5.91 Å². The molecule has 0 saturated carbocycles. The summed E-state index contributed by atoms with van der Waals surface area (Å²) in [6, 6.07) is 5.19. The molecule has 1 aromatic carbocycles. The molecule has 0 aliphatic carbocycles. The maximum Gasteiger partial charge on any atom is 0.335 e. The first-order valence-corrected chi connectivity index (χ1v) is 9.37. The van der Waals surface area contributed by atoms with Gasteiger partial charge in [-0.3, -0.25) is 4.79 Å². The molecule has 8 nitrogen and oxygen atoms in total. The topological polar surface area (TPSA) is 113 Å². The second-order valence-electron chi connectivity index (χ2n) is 5.91. The highest BCUT2D eigenvalue weighted by Gasteiger charge is 2.44. The largest absolute Gasteiger partial charge is 0.484 e. The van der Waals surface area contributed by atoms with Crippen LogP contribution in [0.2, 0.25) is 0 Å². The Bertz CT molecular complexity index is 746. The summed E-state index contributed by atoms with van der Waals surface area (Å²) in [5, 5.41) is 12.0. The van der Waals surface area contributed by atoms with Gasteiger partial charge in [0, 0.05) is 19.1 Å². The summed E-state index contributed by atoms with van der Waals surface area (Å²) in [7, 11) is -3.13. The molecule has 1 aromatic rings. The summed E-state index contributed by atoms with van der Waals surface area (Å²) >= 11 is 0. The first-order valence-electron chi connectivity index (χ1n) is 7.55. The van der Waals surface area contributed by atoms with Crippen molar-refractivity contribution in [2.75, 3.05) is 31.2 Å². The number of hydrogen-bond acceptors (Lipinski definition) is 6. The summed E-state index contributed by atoms with van der Waals surface area (Å²) in [4.78, 5) is 24.7. The number of amides is 1. The number of carbonyl (C=O) groups excluding carboxylic acids is 1. The van der Waals surface area contributed by atoms with E-state index >= 15 is 0 Å². The Morgan fingerprint density at radius 3 is 2.62 bits per heavy atom. The van der Waals surface area contributed by atoms with Gasteiger partial charge in [-0.1, -0.05) is 0 Å². The molecular weight excluding hydrogens is 336 g/mol. The van der Waals surface area contributed by atoms with Gasteiger partial charge >= 0.3 is 5.97 Å². The van der Waals surface area contributed by atoms with Crippen molar-refractivity contribution >= 4 is 21.7 Å². The summed E-state index contributed by atoms with van der Waals surface area (Å²) < 4.78 is 29.0. The van der Waals surface area contributed by atoms with Crippen molar-refractivity contribution in [2.45, 2.75) is 12.1 Å². The minimum Gasteiger partial charge on any atom is -0.484 e. The molecule has 2 fully saturated rings. The zero-order valence-electron chi connectivity index (χ0n) is 12.8. The lowest BCUT2D eigenvalue weighted by Crippen LogP contribution is -2.59. The molecule has 2 heterocycles. The number of sulfone groups is 1. The number of carboxylic acids is 1. The van der Waals surface area contributed by atoms with Gasteiger partial charge in [0.05, 0.1) is 23.1 Å². The fraction of sp³-hybridized carbons (Fsp3) is 0.467. The summed E-state index contributed by atoms with van der Waals surface area (Å²) in [6.07, 6.45) is 0. The van der Waals surface area contributed by atoms with E-state index in [9.17, 15) is 18.0 Å². The molecule has 0 spiro atoms. The Labute approximate surface area is 139 Å². The lowest BCUT2D eigenvalue weighted by Gasteiger charge is -2.37. The van der Waals surface area contributed by atoms with Crippen molar-refractivity contribution in [3.63, 3.8) is 0 Å². The van der Waals surface area contributed by atoms with Gasteiger partial charge in [0.2, 0.25) is 0 Å². The Kier molecular flexibility index (Phi) is 4.46. The molecule has 130 valence electrons. The third-order valence-electron chi connectivity index (χ3n) is 4.27. The number of fused-ring (bicyclic) bond motifs is 1. The molecular formula is C15H18N2O6S. The van der Waals surface area contributed by atoms with Crippen molar-refractivity contribution in [2.24, 2.45) is 0 Å². The van der Waals surface area contributed by atoms with Gasteiger partial charge in [0.1, 0.15) is 5.75 Å². The molecule has 0 unspecified atom stereocenters. The van der Waals surface area contributed by atoms with Crippen LogP contribution in [0.25, 0.3) is 0 Å². The van der Waals surface area contributed by atoms with Gasteiger partial charge in [0.15, 0.2) is 16.4 Å². The van der Waals surface area contributed by atoms with E-state index < -0.39 is 15.8 Å². The Hall–Kier alpha value is -2.13. The molecule has 0 aromatic heterocycles. The van der Waals surface area contributed by atoms with Crippen LogP contribution in [0.15, 0.2) is 24.3 Å². The Morgan fingerprint density at radius 2 is 1.96 bits per heavy atom. The summed E-state index contributed by atoms with van der Waals surface area (Å²) in [6.45, 7) is 0.780. The van der Waals surface area contributed by atoms with Crippen LogP contribution in [0.3, 0.4) is 0 Å². The number of nitrogens with zero attached hydrogens (tertiary/aromatic N) is 1. The van der Waals surface area contributed by atoms with Gasteiger partial charge < -0.3 is 20.1 Å². The highest BCUT2D eigenvalue weighted by Crippen LogP contribution is 2.21. The first kappa shape index (κ1) is 16.7. The van der Waals surface area contributed by atoms with E-state index in [1.54, 1.807) is 4.90 Å². The van der Waals surface area contributed by atoms with Crippen LogP contribution in [0, 0.1) is 0 Å². The van der Waals surface area contributed by atoms with Crippen molar-refractivity contribution in [3.05, 3.63) is 29.8 Å². The number of nitrogens with one attached hydrogen (secondary N) is 1. The van der Waals surface area contributed by atoms with Gasteiger partial charge in [-0.25, -0.2) is 13.2 Å². The van der Waals surface area contributed by atoms with E-state index in [0.717, 1.165) is 0 Å². The summed E-state index contributed by atoms with van der Waals surface area (Å²) in [5.41, 5.74) is 0.134. The van der Waals surface area contributed by atoms with Crippen LogP contribution in [-0.2, 0) is 14.6 Å². The van der Waals surface area contributed by atoms with E-state index in [4.69, 9.17) is 9.84 Å². The predicted octanol–water partition coefficient (Wildman–Crippen LogP) is -0.639. The van der Waals surface area contributed by atoms with Gasteiger partial charge in [-0.2, -0.15) is 0 Å². The average Bonchev–Trinajstić information content (AvgIpc) is 2.86. The standard InChI is InChI=1S/C15H18N2O6S/c18-14(7-23-11-3-1-10(2-4-11)15(19)20)17-6-5-16-12-8-24(21,22)9-13(12)17/h1-4,12-13,16H,5-9H2,(H,19,20)/t12-,13+/m1/s1. The number of carboxylic acid groups (broad SMARTS) is 1. The molecule has 2 saturated heterocycles. The molecule has 2 N–H and O–H groups in total. The number of hydrogen-bond donors (Lipinski definition) is 2. The van der Waals surface area contributed by atoms with E-state index in [-0.39, 0.29) is 41.7 Å². The first-order chi connectivity index (χ1) is 11.4. The number of aromatic carboxylic acids is 1. The van der Waals surface area contributed by atoms with Crippen LogP contribution in [-0.4, -0.2) is 73.6 Å². The maximum absolute atomic E-state index is 12.4. The third kappa shape index (κ3) is 3.51. The lowest BCUT2D eigenvalue weighted by atomic mass is 10.1. The molecule has 3 rings (SSSR count). The number of benzene rings is 1. The van der Waals surface area contributed by atoms with Crippen LogP contribution in [0.4, 0.5) is 0 Å². The van der Waals surface area contributed by atoms with Crippen molar-refractivity contribution in [3.8, 4) is 5.75 Å². The monoisotopic (exact) mass is 354 g/mol. The maximum atomic E-state index is 12.4. The molecule has 2 atom stereocenters. The zero-order valence-corrected chi connectivity index (χ0v) is 13.7. The molecule has 24 heavy (non-hydrogen) atoms. The molecule has 2 aliphatic heterocycles. The molecule has 0 bridgehead atoms. The van der Waals surface area contributed by atoms with E-state index in [1.165, 1.54) is 24.3 Å². The Morgan fingerprint density at radius 1 is 1.25 bits per heavy atom. The lowest BCUT2D eigenvalue weighted by molar-refractivity contribution is -0.136. The van der Waals surface area contributed by atoms with Crippen molar-refractivity contribution in [1.82, 2.24) is 10.2 Å². The average molecular weight is 354 g/mol. The molecule has 2 aliphatic rings. The SMILES string of the molecule is O=C(O)c1ccc(OCC(=O)N2CCN[C@@H]3CS(=O)(=O)C[C@@H]32)cc1.